The normalized spacial score (nSPS) is 12.2. The van der Waals surface area contributed by atoms with E-state index in [2.05, 4.69) is 47.4 Å². The quantitative estimate of drug-likeness (QED) is 0.341. The van der Waals surface area contributed by atoms with Crippen LogP contribution in [0.4, 0.5) is 17.1 Å². The van der Waals surface area contributed by atoms with Crippen molar-refractivity contribution in [3.05, 3.63) is 96.6 Å². The second-order valence-electron chi connectivity index (χ2n) is 6.78. The van der Waals surface area contributed by atoms with Crippen molar-refractivity contribution in [2.45, 2.75) is 9.79 Å². The maximum absolute atomic E-state index is 11.1. The van der Waals surface area contributed by atoms with Crippen molar-refractivity contribution in [3.63, 3.8) is 0 Å². The number of carbonyl (C=O) groups is 1. The van der Waals surface area contributed by atoms with E-state index in [0.29, 0.717) is 6.29 Å². The summed E-state index contributed by atoms with van der Waals surface area (Å²) in [5.41, 5.74) is 5.42. The molecule has 4 aromatic carbocycles. The molecule has 0 radical (unpaired) electrons. The van der Waals surface area contributed by atoms with Gasteiger partial charge >= 0.3 is 0 Å². The number of aldehydes is 1. The Morgan fingerprint density at radius 2 is 1.55 bits per heavy atom. The number of fused-ring (bicyclic) bond motifs is 2. The minimum atomic E-state index is -0.00905. The summed E-state index contributed by atoms with van der Waals surface area (Å²) in [5.74, 6) is -0.00905. The van der Waals surface area contributed by atoms with Crippen molar-refractivity contribution < 1.29 is 9.90 Å². The van der Waals surface area contributed by atoms with E-state index in [1.165, 1.54) is 4.90 Å². The molecule has 1 N–H and O–H groups in total. The summed E-state index contributed by atoms with van der Waals surface area (Å²) < 4.78 is 0. The van der Waals surface area contributed by atoms with Crippen molar-refractivity contribution in [2.75, 3.05) is 4.90 Å². The molecule has 0 atom stereocenters. The number of phenolic OH excluding ortho intramolecular Hbond substituents is 1. The number of carbonyl (C=O) groups excluding carboxylic acids is 1. The van der Waals surface area contributed by atoms with Gasteiger partial charge in [0.1, 0.15) is 5.75 Å². The first-order valence-corrected chi connectivity index (χ1v) is 10.1. The first-order chi connectivity index (χ1) is 14.3. The standard InChI is InChI=1S/C25H17NO2S/c27-16-18-14-13-17(15-22(18)28)20-9-6-12-24-25(20)26(19-7-2-1-3-8-19)21-10-4-5-11-23(21)29-24/h1-16,28H. The number of para-hydroxylation sites is 3. The van der Waals surface area contributed by atoms with Crippen molar-refractivity contribution in [3.8, 4) is 16.9 Å². The Labute approximate surface area is 173 Å². The molecule has 1 heterocycles. The van der Waals surface area contributed by atoms with E-state index in [-0.39, 0.29) is 11.3 Å². The van der Waals surface area contributed by atoms with Crippen LogP contribution < -0.4 is 4.90 Å². The van der Waals surface area contributed by atoms with Crippen molar-refractivity contribution >= 4 is 35.1 Å². The lowest BCUT2D eigenvalue weighted by Gasteiger charge is -2.34. The van der Waals surface area contributed by atoms with Crippen LogP contribution in [0, 0.1) is 0 Å². The highest BCUT2D eigenvalue weighted by molar-refractivity contribution is 7.99. The molecular weight excluding hydrogens is 378 g/mol. The molecule has 0 saturated heterocycles. The fourth-order valence-electron chi connectivity index (χ4n) is 3.69. The van der Waals surface area contributed by atoms with Crippen molar-refractivity contribution in [1.29, 1.82) is 0 Å². The van der Waals surface area contributed by atoms with Gasteiger partial charge in [0.15, 0.2) is 6.29 Å². The molecule has 140 valence electrons. The smallest absolute Gasteiger partial charge is 0.153 e. The molecule has 0 aliphatic carbocycles. The van der Waals surface area contributed by atoms with Gasteiger partial charge in [-0.05, 0) is 48.0 Å². The molecule has 3 nitrogen and oxygen atoms in total. The average molecular weight is 395 g/mol. The molecule has 0 aromatic heterocycles. The number of phenols is 1. The van der Waals surface area contributed by atoms with Crippen LogP contribution in [-0.4, -0.2) is 11.4 Å². The summed E-state index contributed by atoms with van der Waals surface area (Å²) in [4.78, 5) is 15.7. The van der Waals surface area contributed by atoms with E-state index in [9.17, 15) is 9.90 Å². The van der Waals surface area contributed by atoms with Crippen LogP contribution in [0.1, 0.15) is 10.4 Å². The molecule has 29 heavy (non-hydrogen) atoms. The lowest BCUT2D eigenvalue weighted by Crippen LogP contribution is -2.15. The fraction of sp³-hybridized carbons (Fsp3) is 0. The van der Waals surface area contributed by atoms with E-state index in [1.54, 1.807) is 23.9 Å². The Bertz CT molecular complexity index is 1220. The van der Waals surface area contributed by atoms with Gasteiger partial charge in [-0.1, -0.05) is 60.3 Å². The van der Waals surface area contributed by atoms with Gasteiger partial charge in [0.25, 0.3) is 0 Å². The lowest BCUT2D eigenvalue weighted by molar-refractivity contribution is 0.112. The maximum atomic E-state index is 11.1. The zero-order chi connectivity index (χ0) is 19.8. The highest BCUT2D eigenvalue weighted by Gasteiger charge is 2.27. The molecular formula is C25H17NO2S. The van der Waals surface area contributed by atoms with Gasteiger partial charge in [0.2, 0.25) is 0 Å². The van der Waals surface area contributed by atoms with E-state index < -0.39 is 0 Å². The Hall–Kier alpha value is -3.50. The fourth-order valence-corrected chi connectivity index (χ4v) is 4.78. The number of hydrogen-bond acceptors (Lipinski definition) is 4. The Morgan fingerprint density at radius 1 is 0.793 bits per heavy atom. The second-order valence-corrected chi connectivity index (χ2v) is 7.87. The third-order valence-corrected chi connectivity index (χ3v) is 6.15. The SMILES string of the molecule is O=Cc1ccc(-c2cccc3c2N(c2ccccc2)c2ccccc2S3)cc1O. The monoisotopic (exact) mass is 395 g/mol. The van der Waals surface area contributed by atoms with Crippen molar-refractivity contribution in [2.24, 2.45) is 0 Å². The summed E-state index contributed by atoms with van der Waals surface area (Å²) in [6.45, 7) is 0. The summed E-state index contributed by atoms with van der Waals surface area (Å²) in [5, 5.41) is 10.2. The molecule has 0 fully saturated rings. The lowest BCUT2D eigenvalue weighted by atomic mass is 9.99. The van der Waals surface area contributed by atoms with E-state index in [0.717, 1.165) is 33.1 Å². The molecule has 5 rings (SSSR count). The number of hydrogen-bond donors (Lipinski definition) is 1. The molecule has 0 spiro atoms. The second kappa shape index (κ2) is 7.15. The summed E-state index contributed by atoms with van der Waals surface area (Å²) in [6.07, 6.45) is 0.669. The van der Waals surface area contributed by atoms with Gasteiger partial charge in [-0.15, -0.1) is 0 Å². The zero-order valence-corrected chi connectivity index (χ0v) is 16.3. The Morgan fingerprint density at radius 3 is 2.34 bits per heavy atom. The zero-order valence-electron chi connectivity index (χ0n) is 15.4. The highest BCUT2D eigenvalue weighted by Crippen LogP contribution is 2.54. The Balaban J connectivity index is 1.77. The van der Waals surface area contributed by atoms with E-state index in [1.807, 2.05) is 36.4 Å². The molecule has 4 heteroatoms. The number of anilines is 3. The summed E-state index contributed by atoms with van der Waals surface area (Å²) >= 11 is 1.74. The third kappa shape index (κ3) is 2.98. The molecule has 0 amide bonds. The van der Waals surface area contributed by atoms with Crippen LogP contribution in [-0.2, 0) is 0 Å². The van der Waals surface area contributed by atoms with Gasteiger partial charge < -0.3 is 10.0 Å². The Kier molecular flexibility index (Phi) is 4.34. The molecule has 0 saturated carbocycles. The van der Waals surface area contributed by atoms with Crippen LogP contribution in [0.25, 0.3) is 11.1 Å². The minimum Gasteiger partial charge on any atom is -0.507 e. The van der Waals surface area contributed by atoms with Crippen LogP contribution in [0.15, 0.2) is 101 Å². The molecule has 4 aromatic rings. The number of benzene rings is 4. The van der Waals surface area contributed by atoms with Gasteiger partial charge in [0, 0.05) is 21.0 Å². The molecule has 1 aliphatic heterocycles. The number of rotatable bonds is 3. The van der Waals surface area contributed by atoms with E-state index >= 15 is 0 Å². The minimum absolute atomic E-state index is 0.00905. The van der Waals surface area contributed by atoms with Crippen LogP contribution in [0.3, 0.4) is 0 Å². The maximum Gasteiger partial charge on any atom is 0.153 e. The van der Waals surface area contributed by atoms with Gasteiger partial charge in [-0.2, -0.15) is 0 Å². The molecule has 0 unspecified atom stereocenters. The number of nitrogens with zero attached hydrogens (tertiary/aromatic N) is 1. The average Bonchev–Trinajstić information content (AvgIpc) is 2.77. The first-order valence-electron chi connectivity index (χ1n) is 9.30. The van der Waals surface area contributed by atoms with Crippen LogP contribution >= 0.6 is 11.8 Å². The van der Waals surface area contributed by atoms with Crippen LogP contribution in [0.2, 0.25) is 0 Å². The summed E-state index contributed by atoms with van der Waals surface area (Å²) in [6, 6.07) is 30.1. The highest BCUT2D eigenvalue weighted by atomic mass is 32.2. The number of aromatic hydroxyl groups is 1. The van der Waals surface area contributed by atoms with Gasteiger partial charge in [-0.3, -0.25) is 4.79 Å². The molecule has 0 bridgehead atoms. The van der Waals surface area contributed by atoms with E-state index in [4.69, 9.17) is 0 Å². The largest absolute Gasteiger partial charge is 0.507 e. The predicted octanol–water partition coefficient (Wildman–Crippen LogP) is 6.81. The predicted molar refractivity (Wildman–Crippen MR) is 118 cm³/mol. The van der Waals surface area contributed by atoms with Crippen molar-refractivity contribution in [1.82, 2.24) is 0 Å². The van der Waals surface area contributed by atoms with Gasteiger partial charge in [0.05, 0.1) is 16.9 Å². The van der Waals surface area contributed by atoms with Gasteiger partial charge in [-0.25, -0.2) is 0 Å². The third-order valence-electron chi connectivity index (χ3n) is 5.03. The molecule has 1 aliphatic rings. The topological polar surface area (TPSA) is 40.5 Å². The first kappa shape index (κ1) is 17.6. The summed E-state index contributed by atoms with van der Waals surface area (Å²) in [7, 11) is 0. The van der Waals surface area contributed by atoms with Crippen LogP contribution in [0.5, 0.6) is 5.75 Å².